The van der Waals surface area contributed by atoms with E-state index in [4.69, 9.17) is 16.3 Å². The van der Waals surface area contributed by atoms with Gasteiger partial charge in [-0.3, -0.25) is 9.10 Å². The van der Waals surface area contributed by atoms with Gasteiger partial charge in [0.15, 0.2) is 0 Å². The number of halogens is 2. The second-order valence-electron chi connectivity index (χ2n) is 6.02. The van der Waals surface area contributed by atoms with Crippen molar-refractivity contribution in [2.45, 2.75) is 12.8 Å². The van der Waals surface area contributed by atoms with Crippen LogP contribution in [-0.2, 0) is 14.8 Å². The van der Waals surface area contributed by atoms with Crippen LogP contribution in [-0.4, -0.2) is 40.3 Å². The number of para-hydroxylation sites is 2. The molecule has 0 saturated carbocycles. The largest absolute Gasteiger partial charge is 0.490 e. The van der Waals surface area contributed by atoms with Crippen molar-refractivity contribution in [3.8, 4) is 5.75 Å². The zero-order valence-corrected chi connectivity index (χ0v) is 17.0. The number of amides is 1. The third-order valence-electron chi connectivity index (χ3n) is 3.80. The number of carbonyl (C=O) groups is 1. The topological polar surface area (TPSA) is 75.7 Å². The minimum absolute atomic E-state index is 0.00328. The van der Waals surface area contributed by atoms with E-state index in [9.17, 15) is 17.6 Å². The van der Waals surface area contributed by atoms with Gasteiger partial charge in [-0.1, -0.05) is 35.9 Å². The third-order valence-corrected chi connectivity index (χ3v) is 5.30. The molecule has 0 aromatic heterocycles. The van der Waals surface area contributed by atoms with E-state index < -0.39 is 15.8 Å². The molecule has 28 heavy (non-hydrogen) atoms. The molecule has 0 radical (unpaired) electrons. The highest BCUT2D eigenvalue weighted by Crippen LogP contribution is 2.23. The summed E-state index contributed by atoms with van der Waals surface area (Å²) in [5, 5.41) is 3.18. The molecule has 0 atom stereocenters. The van der Waals surface area contributed by atoms with E-state index in [0.29, 0.717) is 10.8 Å². The van der Waals surface area contributed by atoms with Crippen LogP contribution < -0.4 is 14.4 Å². The third kappa shape index (κ3) is 6.69. The van der Waals surface area contributed by atoms with Crippen LogP contribution in [0.3, 0.4) is 0 Å². The Morgan fingerprint density at radius 2 is 1.86 bits per heavy atom. The molecule has 0 spiro atoms. The summed E-state index contributed by atoms with van der Waals surface area (Å²) in [6.07, 6.45) is 1.36. The molecule has 0 fully saturated rings. The number of ether oxygens (including phenoxy) is 1. The van der Waals surface area contributed by atoms with Gasteiger partial charge >= 0.3 is 0 Å². The Labute approximate surface area is 169 Å². The molecule has 152 valence electrons. The molecule has 0 saturated heterocycles. The van der Waals surface area contributed by atoms with Crippen LogP contribution in [0.15, 0.2) is 48.5 Å². The number of benzene rings is 2. The molecule has 0 bridgehead atoms. The van der Waals surface area contributed by atoms with Gasteiger partial charge in [0.25, 0.3) is 0 Å². The van der Waals surface area contributed by atoms with E-state index in [0.717, 1.165) is 10.6 Å². The van der Waals surface area contributed by atoms with Gasteiger partial charge in [-0.25, -0.2) is 12.8 Å². The Morgan fingerprint density at radius 1 is 1.18 bits per heavy atom. The second-order valence-corrected chi connectivity index (χ2v) is 8.33. The first-order valence-electron chi connectivity index (χ1n) is 8.65. The first kappa shape index (κ1) is 22.0. The molecular weight excluding hydrogens is 407 g/mol. The molecule has 0 aliphatic rings. The molecular formula is C19H22ClFN2O4S. The fraction of sp³-hybridized carbons (Fsp3) is 0.316. The maximum atomic E-state index is 13.9. The molecule has 0 heterocycles. The Bertz CT molecular complexity index is 908. The lowest BCUT2D eigenvalue weighted by atomic mass is 10.2. The lowest BCUT2D eigenvalue weighted by molar-refractivity contribution is -0.121. The van der Waals surface area contributed by atoms with Crippen molar-refractivity contribution in [2.24, 2.45) is 0 Å². The minimum atomic E-state index is -3.66. The summed E-state index contributed by atoms with van der Waals surface area (Å²) in [6, 6.07) is 12.6. The minimum Gasteiger partial charge on any atom is -0.490 e. The van der Waals surface area contributed by atoms with E-state index in [1.54, 1.807) is 30.3 Å². The number of anilines is 1. The monoisotopic (exact) mass is 428 g/mol. The number of sulfonamides is 1. The molecule has 1 N–H and O–H groups in total. The molecule has 2 rings (SSSR count). The van der Waals surface area contributed by atoms with E-state index >= 15 is 0 Å². The number of hydrogen-bond acceptors (Lipinski definition) is 4. The van der Waals surface area contributed by atoms with Gasteiger partial charge in [0.05, 0.1) is 23.5 Å². The van der Waals surface area contributed by atoms with Crippen LogP contribution in [0, 0.1) is 5.82 Å². The van der Waals surface area contributed by atoms with Crippen molar-refractivity contribution >= 4 is 33.2 Å². The van der Waals surface area contributed by atoms with E-state index in [2.05, 4.69) is 5.32 Å². The van der Waals surface area contributed by atoms with Gasteiger partial charge in [-0.15, -0.1) is 0 Å². The first-order chi connectivity index (χ1) is 13.3. The van der Waals surface area contributed by atoms with Crippen LogP contribution in [0.25, 0.3) is 0 Å². The van der Waals surface area contributed by atoms with Crippen molar-refractivity contribution in [1.82, 2.24) is 5.32 Å². The summed E-state index contributed by atoms with van der Waals surface area (Å²) in [6.45, 7) is 0.538. The fourth-order valence-corrected chi connectivity index (χ4v) is 3.66. The van der Waals surface area contributed by atoms with E-state index in [1.807, 2.05) is 0 Å². The van der Waals surface area contributed by atoms with Crippen LogP contribution in [0.1, 0.15) is 12.8 Å². The predicted molar refractivity (Wildman–Crippen MR) is 108 cm³/mol. The molecule has 0 aliphatic heterocycles. The van der Waals surface area contributed by atoms with Crippen molar-refractivity contribution in [2.75, 3.05) is 30.3 Å². The smallest absolute Gasteiger partial charge is 0.232 e. The molecule has 0 aliphatic carbocycles. The van der Waals surface area contributed by atoms with Gasteiger partial charge in [0.1, 0.15) is 18.2 Å². The van der Waals surface area contributed by atoms with Crippen molar-refractivity contribution < 1.29 is 22.3 Å². The van der Waals surface area contributed by atoms with Crippen molar-refractivity contribution in [1.29, 1.82) is 0 Å². The number of nitrogens with one attached hydrogen (secondary N) is 1. The average molecular weight is 429 g/mol. The van der Waals surface area contributed by atoms with Crippen LogP contribution >= 0.6 is 11.6 Å². The summed E-state index contributed by atoms with van der Waals surface area (Å²) in [5.74, 6) is -0.342. The quantitative estimate of drug-likeness (QED) is 0.589. The SMILES string of the molecule is CS(=O)(=O)N(CCCC(=O)NCCOc1ccccc1Cl)c1ccccc1F. The van der Waals surface area contributed by atoms with E-state index in [-0.39, 0.29) is 44.1 Å². The second kappa shape index (κ2) is 10.3. The fourth-order valence-electron chi connectivity index (χ4n) is 2.50. The highest BCUT2D eigenvalue weighted by atomic mass is 35.5. The summed E-state index contributed by atoms with van der Waals surface area (Å²) < 4.78 is 44.3. The Hall–Kier alpha value is -2.32. The first-order valence-corrected chi connectivity index (χ1v) is 10.9. The Balaban J connectivity index is 1.77. The highest BCUT2D eigenvalue weighted by molar-refractivity contribution is 7.92. The van der Waals surface area contributed by atoms with Crippen LogP contribution in [0.5, 0.6) is 5.75 Å². The summed E-state index contributed by atoms with van der Waals surface area (Å²) >= 11 is 5.97. The standard InChI is InChI=1S/C19H22ClFN2O4S/c1-28(25,26)23(17-9-4-3-8-16(17)21)13-6-11-19(24)22-12-14-27-18-10-5-2-7-15(18)20/h2-5,7-10H,6,11-14H2,1H3,(H,22,24). The number of carbonyl (C=O) groups excluding carboxylic acids is 1. The summed E-state index contributed by atoms with van der Waals surface area (Å²) in [7, 11) is -3.66. The lowest BCUT2D eigenvalue weighted by Gasteiger charge is -2.22. The Morgan fingerprint density at radius 3 is 2.54 bits per heavy atom. The highest BCUT2D eigenvalue weighted by Gasteiger charge is 2.20. The molecule has 2 aromatic rings. The van der Waals surface area contributed by atoms with Crippen molar-refractivity contribution in [3.63, 3.8) is 0 Å². The zero-order valence-electron chi connectivity index (χ0n) is 15.4. The van der Waals surface area contributed by atoms with E-state index in [1.165, 1.54) is 18.2 Å². The van der Waals surface area contributed by atoms with Crippen LogP contribution in [0.4, 0.5) is 10.1 Å². The maximum absolute atomic E-state index is 13.9. The van der Waals surface area contributed by atoms with Crippen molar-refractivity contribution in [3.05, 3.63) is 59.4 Å². The number of nitrogens with zero attached hydrogens (tertiary/aromatic N) is 1. The van der Waals surface area contributed by atoms with Gasteiger partial charge in [0.2, 0.25) is 15.9 Å². The zero-order chi connectivity index (χ0) is 20.6. The summed E-state index contributed by atoms with van der Waals surface area (Å²) in [4.78, 5) is 11.9. The van der Waals surface area contributed by atoms with Gasteiger partial charge in [0, 0.05) is 13.0 Å². The normalized spacial score (nSPS) is 11.1. The molecule has 6 nitrogen and oxygen atoms in total. The molecule has 9 heteroatoms. The maximum Gasteiger partial charge on any atom is 0.232 e. The molecule has 1 amide bonds. The predicted octanol–water partition coefficient (Wildman–Crippen LogP) is 3.22. The van der Waals surface area contributed by atoms with Crippen LogP contribution in [0.2, 0.25) is 5.02 Å². The lowest BCUT2D eigenvalue weighted by Crippen LogP contribution is -2.33. The number of hydrogen-bond donors (Lipinski definition) is 1. The average Bonchev–Trinajstić information content (AvgIpc) is 2.64. The molecule has 0 unspecified atom stereocenters. The van der Waals surface area contributed by atoms with Gasteiger partial charge in [-0.05, 0) is 30.7 Å². The molecule has 2 aromatic carbocycles. The summed E-state index contributed by atoms with van der Waals surface area (Å²) in [5.41, 5.74) is -0.0291. The van der Waals surface area contributed by atoms with Gasteiger partial charge < -0.3 is 10.1 Å². The Kier molecular flexibility index (Phi) is 8.07. The number of rotatable bonds is 10. The van der Waals surface area contributed by atoms with Gasteiger partial charge in [-0.2, -0.15) is 0 Å².